The third-order valence-corrected chi connectivity index (χ3v) is 0.984. The molecule has 0 amide bonds. The van der Waals surface area contributed by atoms with Gasteiger partial charge in [0.2, 0.25) is 0 Å². The second-order valence-electron chi connectivity index (χ2n) is 2.13. The zero-order valence-corrected chi connectivity index (χ0v) is 6.90. The Balaban J connectivity index is 0.000000217. The number of hydrogen-bond acceptors (Lipinski definition) is 3. The van der Waals surface area contributed by atoms with Gasteiger partial charge in [-0.05, 0) is 18.6 Å². The zero-order chi connectivity index (χ0) is 9.40. The quantitative estimate of drug-likeness (QED) is 0.637. The average molecular weight is 168 g/mol. The summed E-state index contributed by atoms with van der Waals surface area (Å²) in [6.45, 7) is 1.74. The van der Waals surface area contributed by atoms with E-state index in [9.17, 15) is 4.79 Å². The van der Waals surface area contributed by atoms with Gasteiger partial charge in [-0.2, -0.15) is 0 Å². The van der Waals surface area contributed by atoms with Crippen molar-refractivity contribution in [1.29, 1.82) is 0 Å². The van der Waals surface area contributed by atoms with Gasteiger partial charge in [0.15, 0.2) is 0 Å². The predicted molar refractivity (Wildman–Crippen MR) is 45.7 cm³/mol. The third kappa shape index (κ3) is 6.70. The first-order valence-electron chi connectivity index (χ1n) is 3.45. The molecule has 4 heteroatoms. The highest BCUT2D eigenvalue weighted by molar-refractivity contribution is 5.68. The Labute approximate surface area is 71.0 Å². The molecule has 0 aromatic carbocycles. The fraction of sp³-hybridized carbons (Fsp3) is 0.250. The summed E-state index contributed by atoms with van der Waals surface area (Å²) in [6.07, 6.45) is 3.60. The number of rotatable bonds is 1. The number of aliphatic carboxylic acids is 1. The first-order chi connectivity index (χ1) is 5.66. The minimum Gasteiger partial charge on any atom is -0.480 e. The predicted octanol–water partition coefficient (Wildman–Crippen LogP) is 0.420. The van der Waals surface area contributed by atoms with Crippen LogP contribution < -0.4 is 5.73 Å². The lowest BCUT2D eigenvalue weighted by Gasteiger charge is -1.82. The van der Waals surface area contributed by atoms with E-state index in [1.165, 1.54) is 5.56 Å². The second kappa shape index (κ2) is 6.30. The molecule has 0 saturated carbocycles. The van der Waals surface area contributed by atoms with E-state index in [0.717, 1.165) is 0 Å². The number of nitrogens with two attached hydrogens (primary N) is 1. The molecule has 0 bridgehead atoms. The number of carbonyl (C=O) groups is 1. The summed E-state index contributed by atoms with van der Waals surface area (Å²) >= 11 is 0. The van der Waals surface area contributed by atoms with Gasteiger partial charge in [0, 0.05) is 12.4 Å². The number of aryl methyl sites for hydroxylation is 1. The van der Waals surface area contributed by atoms with Crippen molar-refractivity contribution in [3.63, 3.8) is 0 Å². The van der Waals surface area contributed by atoms with Crippen LogP contribution in [-0.4, -0.2) is 22.6 Å². The molecule has 1 heterocycles. The molecule has 0 aliphatic carbocycles. The van der Waals surface area contributed by atoms with Gasteiger partial charge in [0.1, 0.15) is 0 Å². The van der Waals surface area contributed by atoms with Crippen LogP contribution in [0.1, 0.15) is 5.56 Å². The van der Waals surface area contributed by atoms with Crippen LogP contribution in [0.3, 0.4) is 0 Å². The van der Waals surface area contributed by atoms with Crippen molar-refractivity contribution in [2.45, 2.75) is 6.92 Å². The summed E-state index contributed by atoms with van der Waals surface area (Å²) in [5.41, 5.74) is 5.78. The third-order valence-electron chi connectivity index (χ3n) is 0.984. The highest BCUT2D eigenvalue weighted by atomic mass is 16.4. The van der Waals surface area contributed by atoms with Crippen molar-refractivity contribution in [2.24, 2.45) is 5.73 Å². The Bertz CT molecular complexity index is 224. The minimum absolute atomic E-state index is 0.278. The van der Waals surface area contributed by atoms with Crippen molar-refractivity contribution in [2.75, 3.05) is 6.54 Å². The number of hydrogen-bond donors (Lipinski definition) is 2. The van der Waals surface area contributed by atoms with Crippen LogP contribution >= 0.6 is 0 Å². The van der Waals surface area contributed by atoms with Crippen molar-refractivity contribution in [3.05, 3.63) is 30.1 Å². The van der Waals surface area contributed by atoms with Gasteiger partial charge in [0.25, 0.3) is 0 Å². The lowest BCUT2D eigenvalue weighted by Crippen LogP contribution is -2.10. The van der Waals surface area contributed by atoms with Crippen LogP contribution in [0.2, 0.25) is 0 Å². The fourth-order valence-corrected chi connectivity index (χ4v) is 0.448. The smallest absolute Gasteiger partial charge is 0.317 e. The number of aromatic nitrogens is 1. The minimum atomic E-state index is -0.968. The van der Waals surface area contributed by atoms with E-state index < -0.39 is 5.97 Å². The van der Waals surface area contributed by atoms with E-state index in [1.54, 1.807) is 6.20 Å². The second-order valence-corrected chi connectivity index (χ2v) is 2.13. The van der Waals surface area contributed by atoms with Gasteiger partial charge in [0.05, 0.1) is 6.54 Å². The van der Waals surface area contributed by atoms with Crippen LogP contribution in [0.25, 0.3) is 0 Å². The van der Waals surface area contributed by atoms with Crippen molar-refractivity contribution in [1.82, 2.24) is 4.98 Å². The Morgan fingerprint density at radius 2 is 2.33 bits per heavy atom. The van der Waals surface area contributed by atoms with Gasteiger partial charge in [-0.3, -0.25) is 9.78 Å². The standard InChI is InChI=1S/C6H7N.C2H5NO2/c1-6-3-2-4-7-5-6;3-1-2(4)5/h2-5H,1H3;1,3H2,(H,4,5). The topological polar surface area (TPSA) is 76.2 Å². The summed E-state index contributed by atoms with van der Waals surface area (Å²) in [7, 11) is 0. The average Bonchev–Trinajstić information content (AvgIpc) is 2.07. The van der Waals surface area contributed by atoms with E-state index in [2.05, 4.69) is 10.7 Å². The van der Waals surface area contributed by atoms with Crippen LogP contribution in [0.4, 0.5) is 0 Å². The Morgan fingerprint density at radius 1 is 1.75 bits per heavy atom. The summed E-state index contributed by atoms with van der Waals surface area (Å²) in [5, 5.41) is 7.60. The number of carboxylic acids is 1. The molecule has 1 aromatic rings. The van der Waals surface area contributed by atoms with Crippen molar-refractivity contribution < 1.29 is 9.90 Å². The van der Waals surface area contributed by atoms with E-state index in [0.29, 0.717) is 0 Å². The van der Waals surface area contributed by atoms with Gasteiger partial charge in [-0.25, -0.2) is 0 Å². The summed E-state index contributed by atoms with van der Waals surface area (Å²) in [4.78, 5) is 13.1. The molecule has 0 saturated heterocycles. The van der Waals surface area contributed by atoms with Gasteiger partial charge in [-0.15, -0.1) is 0 Å². The molecule has 1 aromatic heterocycles. The van der Waals surface area contributed by atoms with Gasteiger partial charge >= 0.3 is 5.97 Å². The van der Waals surface area contributed by atoms with E-state index >= 15 is 0 Å². The van der Waals surface area contributed by atoms with Crippen LogP contribution in [-0.2, 0) is 4.79 Å². The van der Waals surface area contributed by atoms with E-state index in [4.69, 9.17) is 5.11 Å². The molecule has 1 rings (SSSR count). The molecule has 0 aliphatic rings. The first-order valence-corrected chi connectivity index (χ1v) is 3.45. The Kier molecular flexibility index (Phi) is 5.55. The van der Waals surface area contributed by atoms with Crippen LogP contribution in [0.15, 0.2) is 24.5 Å². The number of carboxylic acid groups (broad SMARTS) is 1. The molecule has 4 nitrogen and oxygen atoms in total. The zero-order valence-electron chi connectivity index (χ0n) is 6.90. The fourth-order valence-electron chi connectivity index (χ4n) is 0.448. The van der Waals surface area contributed by atoms with Gasteiger partial charge in [-0.1, -0.05) is 6.07 Å². The van der Waals surface area contributed by atoms with E-state index in [1.807, 2.05) is 25.3 Å². The maximum atomic E-state index is 9.24. The first kappa shape index (κ1) is 10.6. The lowest BCUT2D eigenvalue weighted by molar-refractivity contribution is -0.135. The summed E-state index contributed by atoms with van der Waals surface area (Å²) < 4.78 is 0. The summed E-state index contributed by atoms with van der Waals surface area (Å²) in [5.74, 6) is -0.968. The maximum Gasteiger partial charge on any atom is 0.317 e. The molecule has 0 spiro atoms. The molecule has 0 radical (unpaired) electrons. The van der Waals surface area contributed by atoms with Crippen LogP contribution in [0.5, 0.6) is 0 Å². The molecule has 66 valence electrons. The Hall–Kier alpha value is -1.42. The van der Waals surface area contributed by atoms with Crippen LogP contribution in [0, 0.1) is 6.92 Å². The van der Waals surface area contributed by atoms with Crippen molar-refractivity contribution in [3.8, 4) is 0 Å². The Morgan fingerprint density at radius 3 is 2.50 bits per heavy atom. The molecule has 0 atom stereocenters. The SMILES string of the molecule is Cc1cccnc1.NCC(=O)O. The molecular weight excluding hydrogens is 156 g/mol. The summed E-state index contributed by atoms with van der Waals surface area (Å²) in [6, 6.07) is 3.95. The van der Waals surface area contributed by atoms with Crippen molar-refractivity contribution >= 4 is 5.97 Å². The molecular formula is C8H12N2O2. The monoisotopic (exact) mass is 168 g/mol. The van der Waals surface area contributed by atoms with Gasteiger partial charge < -0.3 is 10.8 Å². The lowest BCUT2D eigenvalue weighted by atomic mass is 10.3. The normalized spacial score (nSPS) is 8.17. The highest BCUT2D eigenvalue weighted by Crippen LogP contribution is 1.88. The molecule has 0 aliphatic heterocycles. The number of nitrogens with zero attached hydrogens (tertiary/aromatic N) is 1. The largest absolute Gasteiger partial charge is 0.480 e. The molecule has 0 unspecified atom stereocenters. The maximum absolute atomic E-state index is 9.24. The molecule has 3 N–H and O–H groups in total. The van der Waals surface area contributed by atoms with E-state index in [-0.39, 0.29) is 6.54 Å². The number of pyridine rings is 1. The molecule has 12 heavy (non-hydrogen) atoms. The molecule has 0 fully saturated rings. The highest BCUT2D eigenvalue weighted by Gasteiger charge is 1.81.